The van der Waals surface area contributed by atoms with Crippen LogP contribution < -0.4 is 5.32 Å². The van der Waals surface area contributed by atoms with Gasteiger partial charge < -0.3 is 14.6 Å². The number of alkyl carbamates (subject to hydrolysis) is 1. The third-order valence-corrected chi connectivity index (χ3v) is 2.80. The molecule has 0 spiro atoms. The fraction of sp³-hybridized carbons (Fsp3) is 0.300. The van der Waals surface area contributed by atoms with Crippen LogP contribution in [0, 0.1) is 0 Å². The molecule has 6 heteroatoms. The van der Waals surface area contributed by atoms with Crippen molar-refractivity contribution in [3.63, 3.8) is 0 Å². The van der Waals surface area contributed by atoms with Crippen LogP contribution >= 0.6 is 17.7 Å². The van der Waals surface area contributed by atoms with Gasteiger partial charge in [0.15, 0.2) is 6.49 Å². The highest BCUT2D eigenvalue weighted by Crippen LogP contribution is 2.45. The van der Waals surface area contributed by atoms with E-state index < -0.39 is 12.6 Å². The van der Waals surface area contributed by atoms with Crippen LogP contribution in [0.2, 0.25) is 0 Å². The summed E-state index contributed by atoms with van der Waals surface area (Å²) in [5, 5.41) is 2.34. The molecule has 1 aromatic rings. The standard InChI is InChI=1S/C10H13ClNO3P/c1-16(11,14)8-12-10(13)15-7-9-5-3-2-4-6-9/h2-6H,7-8H2,1H3,(H,12,13). The number of hydrogen-bond donors (Lipinski definition) is 1. The summed E-state index contributed by atoms with van der Waals surface area (Å²) in [6.45, 7) is -1.19. The molecule has 1 rings (SSSR count). The highest BCUT2D eigenvalue weighted by Gasteiger charge is 2.12. The molecule has 1 aromatic carbocycles. The molecule has 0 fully saturated rings. The predicted octanol–water partition coefficient (Wildman–Crippen LogP) is 3.02. The van der Waals surface area contributed by atoms with Crippen molar-refractivity contribution < 1.29 is 14.1 Å². The molecule has 16 heavy (non-hydrogen) atoms. The number of hydrogen-bond acceptors (Lipinski definition) is 3. The molecule has 1 amide bonds. The average Bonchev–Trinajstić information content (AvgIpc) is 2.24. The molecule has 88 valence electrons. The molecule has 0 saturated heterocycles. The van der Waals surface area contributed by atoms with Crippen molar-refractivity contribution in [1.82, 2.24) is 5.32 Å². The lowest BCUT2D eigenvalue weighted by Gasteiger charge is -2.08. The highest BCUT2D eigenvalue weighted by molar-refractivity contribution is 7.88. The molecule has 0 bridgehead atoms. The Kier molecular flexibility index (Phi) is 4.84. The minimum atomic E-state index is -2.75. The van der Waals surface area contributed by atoms with E-state index >= 15 is 0 Å². The normalized spacial score (nSPS) is 13.9. The van der Waals surface area contributed by atoms with Crippen molar-refractivity contribution in [3.05, 3.63) is 35.9 Å². The number of ether oxygens (including phenoxy) is 1. The van der Waals surface area contributed by atoms with Gasteiger partial charge in [-0.05, 0) is 5.56 Å². The van der Waals surface area contributed by atoms with Gasteiger partial charge in [-0.3, -0.25) is 0 Å². The van der Waals surface area contributed by atoms with Crippen molar-refractivity contribution in [1.29, 1.82) is 0 Å². The number of carbonyl (C=O) groups excluding carboxylic acids is 1. The van der Waals surface area contributed by atoms with E-state index in [-0.39, 0.29) is 12.9 Å². The molecule has 1 N–H and O–H groups in total. The Bertz CT molecular complexity index is 390. The van der Waals surface area contributed by atoms with Gasteiger partial charge in [-0.2, -0.15) is 0 Å². The topological polar surface area (TPSA) is 55.4 Å². The van der Waals surface area contributed by atoms with Gasteiger partial charge in [0, 0.05) is 6.66 Å². The Morgan fingerprint density at radius 2 is 2.06 bits per heavy atom. The number of nitrogens with one attached hydrogen (secondary N) is 1. The van der Waals surface area contributed by atoms with Crippen molar-refractivity contribution >= 4 is 23.8 Å². The van der Waals surface area contributed by atoms with Gasteiger partial charge in [-0.15, -0.1) is 0 Å². The van der Waals surface area contributed by atoms with E-state index in [2.05, 4.69) is 5.32 Å². The summed E-state index contributed by atoms with van der Waals surface area (Å²) < 4.78 is 16.0. The van der Waals surface area contributed by atoms with Crippen LogP contribution in [0.25, 0.3) is 0 Å². The summed E-state index contributed by atoms with van der Waals surface area (Å²) in [5.74, 6) is 0. The maximum absolute atomic E-state index is 11.1. The summed E-state index contributed by atoms with van der Waals surface area (Å²) in [6, 6.07) is 9.29. The van der Waals surface area contributed by atoms with E-state index in [4.69, 9.17) is 16.0 Å². The molecular weight excluding hydrogens is 249 g/mol. The van der Waals surface area contributed by atoms with E-state index in [1.165, 1.54) is 6.66 Å². The Balaban J connectivity index is 2.29. The summed E-state index contributed by atoms with van der Waals surface area (Å²) >= 11 is 5.48. The zero-order valence-electron chi connectivity index (χ0n) is 8.85. The monoisotopic (exact) mass is 261 g/mol. The number of rotatable bonds is 4. The van der Waals surface area contributed by atoms with E-state index in [0.29, 0.717) is 0 Å². The molecule has 0 saturated carbocycles. The van der Waals surface area contributed by atoms with Gasteiger partial charge in [0.2, 0.25) is 0 Å². The van der Waals surface area contributed by atoms with E-state index in [9.17, 15) is 9.36 Å². The maximum Gasteiger partial charge on any atom is 0.407 e. The van der Waals surface area contributed by atoms with Crippen LogP contribution in [-0.4, -0.2) is 19.0 Å². The van der Waals surface area contributed by atoms with Crippen molar-refractivity contribution in [2.24, 2.45) is 0 Å². The van der Waals surface area contributed by atoms with Gasteiger partial charge in [-0.25, -0.2) is 4.79 Å². The first-order valence-corrected chi connectivity index (χ1v) is 7.92. The quantitative estimate of drug-likeness (QED) is 0.848. The molecule has 0 aromatic heterocycles. The Morgan fingerprint density at radius 1 is 1.44 bits per heavy atom. The maximum atomic E-state index is 11.1. The smallest absolute Gasteiger partial charge is 0.407 e. The van der Waals surface area contributed by atoms with Crippen LogP contribution in [0.1, 0.15) is 5.56 Å². The Hall–Kier alpha value is -0.990. The average molecular weight is 262 g/mol. The van der Waals surface area contributed by atoms with E-state index in [0.717, 1.165) is 5.56 Å². The second kappa shape index (κ2) is 5.92. The van der Waals surface area contributed by atoms with Crippen LogP contribution in [0.3, 0.4) is 0 Å². The minimum absolute atomic E-state index is 0.0673. The van der Waals surface area contributed by atoms with Gasteiger partial charge in [0.05, 0.1) is 6.29 Å². The number of halogens is 1. The lowest BCUT2D eigenvalue weighted by atomic mass is 10.2. The fourth-order valence-corrected chi connectivity index (χ4v) is 1.57. The van der Waals surface area contributed by atoms with Crippen LogP contribution in [0.5, 0.6) is 0 Å². The molecule has 0 aliphatic rings. The lowest BCUT2D eigenvalue weighted by molar-refractivity contribution is 0.141. The Morgan fingerprint density at radius 3 is 2.62 bits per heavy atom. The lowest BCUT2D eigenvalue weighted by Crippen LogP contribution is -2.24. The fourth-order valence-electron chi connectivity index (χ4n) is 0.980. The van der Waals surface area contributed by atoms with Gasteiger partial charge in [0.1, 0.15) is 6.61 Å². The summed E-state index contributed by atoms with van der Waals surface area (Å²) in [7, 11) is 0. The van der Waals surface area contributed by atoms with Gasteiger partial charge in [-0.1, -0.05) is 41.6 Å². The molecule has 0 heterocycles. The van der Waals surface area contributed by atoms with E-state index in [1.807, 2.05) is 30.3 Å². The molecular formula is C10H13ClNO3P. The van der Waals surface area contributed by atoms with Crippen LogP contribution in [0.4, 0.5) is 4.79 Å². The summed E-state index contributed by atoms with van der Waals surface area (Å²) in [6.07, 6.45) is -0.686. The largest absolute Gasteiger partial charge is 0.445 e. The SMILES string of the molecule is CP(=O)(Cl)CNC(=O)OCc1ccccc1. The zero-order valence-corrected chi connectivity index (χ0v) is 10.5. The highest BCUT2D eigenvalue weighted by atomic mass is 35.7. The number of carbonyl (C=O) groups is 1. The summed E-state index contributed by atoms with van der Waals surface area (Å²) in [4.78, 5) is 11.1. The third-order valence-electron chi connectivity index (χ3n) is 1.72. The third kappa shape index (κ3) is 5.79. The minimum Gasteiger partial charge on any atom is -0.445 e. The van der Waals surface area contributed by atoms with Gasteiger partial charge >= 0.3 is 6.09 Å². The van der Waals surface area contributed by atoms with E-state index in [1.54, 1.807) is 0 Å². The number of benzene rings is 1. The first kappa shape index (κ1) is 13.1. The molecule has 0 aliphatic carbocycles. The molecule has 0 radical (unpaired) electrons. The Labute approximate surface area is 99.1 Å². The first-order chi connectivity index (χ1) is 7.47. The second-order valence-electron chi connectivity index (χ2n) is 3.38. The van der Waals surface area contributed by atoms with Crippen LogP contribution in [-0.2, 0) is 15.9 Å². The summed E-state index contributed by atoms with van der Waals surface area (Å²) in [5.41, 5.74) is 0.892. The molecule has 1 atom stereocenters. The molecule has 1 unspecified atom stereocenters. The molecule has 0 aliphatic heterocycles. The van der Waals surface area contributed by atoms with Crippen LogP contribution in [0.15, 0.2) is 30.3 Å². The van der Waals surface area contributed by atoms with Crippen molar-refractivity contribution in [3.8, 4) is 0 Å². The number of amides is 1. The van der Waals surface area contributed by atoms with Crippen molar-refractivity contribution in [2.75, 3.05) is 13.0 Å². The predicted molar refractivity (Wildman–Crippen MR) is 64.0 cm³/mol. The first-order valence-electron chi connectivity index (χ1n) is 4.68. The second-order valence-corrected chi connectivity index (χ2v) is 7.81. The zero-order chi connectivity index (χ0) is 12.0. The van der Waals surface area contributed by atoms with Crippen molar-refractivity contribution in [2.45, 2.75) is 6.61 Å². The molecule has 4 nitrogen and oxygen atoms in total. The van der Waals surface area contributed by atoms with Gasteiger partial charge in [0.25, 0.3) is 0 Å².